The zero-order valence-corrected chi connectivity index (χ0v) is 9.79. The molecule has 0 aromatic heterocycles. The van der Waals surface area contributed by atoms with Crippen molar-refractivity contribution in [3.05, 3.63) is 11.3 Å². The zero-order chi connectivity index (χ0) is 12.3. The van der Waals surface area contributed by atoms with Gasteiger partial charge in [0, 0.05) is 5.70 Å². The number of hydrogen-bond donors (Lipinski definition) is 2. The average Bonchev–Trinajstić information content (AvgIpc) is 2.47. The molecule has 0 radical (unpaired) electrons. The van der Waals surface area contributed by atoms with Crippen molar-refractivity contribution in [1.29, 1.82) is 0 Å². The average molecular weight is 227 g/mol. The molecule has 0 aliphatic heterocycles. The lowest BCUT2D eigenvalue weighted by Gasteiger charge is -2.20. The van der Waals surface area contributed by atoms with Gasteiger partial charge in [-0.25, -0.2) is 9.59 Å². The molecule has 0 heterocycles. The summed E-state index contributed by atoms with van der Waals surface area (Å²) in [4.78, 5) is 22.3. The second-order valence-corrected chi connectivity index (χ2v) is 4.74. The molecular weight excluding hydrogens is 210 g/mol. The van der Waals surface area contributed by atoms with Gasteiger partial charge in [0.15, 0.2) is 0 Å². The van der Waals surface area contributed by atoms with Gasteiger partial charge in [0.25, 0.3) is 0 Å². The predicted molar refractivity (Wildman–Crippen MR) is 57.9 cm³/mol. The van der Waals surface area contributed by atoms with E-state index >= 15 is 0 Å². The standard InChI is InChI=1S/C11H17NO4/c1-11(2,3)16-10(15)12-8-6-4-5-7(8)9(13)14/h4-6H2,1-3H3,(H,12,15)(H,13,14). The normalized spacial score (nSPS) is 16.2. The Morgan fingerprint density at radius 2 is 1.94 bits per heavy atom. The van der Waals surface area contributed by atoms with Gasteiger partial charge < -0.3 is 9.84 Å². The minimum Gasteiger partial charge on any atom is -0.478 e. The third-order valence-corrected chi connectivity index (χ3v) is 2.13. The van der Waals surface area contributed by atoms with Gasteiger partial charge in [0.2, 0.25) is 0 Å². The second kappa shape index (κ2) is 4.55. The third-order valence-electron chi connectivity index (χ3n) is 2.13. The van der Waals surface area contributed by atoms with E-state index in [9.17, 15) is 9.59 Å². The summed E-state index contributed by atoms with van der Waals surface area (Å²) >= 11 is 0. The van der Waals surface area contributed by atoms with Crippen LogP contribution >= 0.6 is 0 Å². The number of hydrogen-bond acceptors (Lipinski definition) is 3. The van der Waals surface area contributed by atoms with Crippen LogP contribution in [0.2, 0.25) is 0 Å². The second-order valence-electron chi connectivity index (χ2n) is 4.74. The lowest BCUT2D eigenvalue weighted by molar-refractivity contribution is -0.132. The molecule has 0 spiro atoms. The number of carboxylic acid groups (broad SMARTS) is 1. The molecule has 2 N–H and O–H groups in total. The van der Waals surface area contributed by atoms with Crippen LogP contribution in [0.15, 0.2) is 11.3 Å². The minimum absolute atomic E-state index is 0.283. The van der Waals surface area contributed by atoms with Crippen molar-refractivity contribution in [2.45, 2.75) is 45.6 Å². The fourth-order valence-electron chi connectivity index (χ4n) is 1.54. The summed E-state index contributed by atoms with van der Waals surface area (Å²) in [6, 6.07) is 0. The molecule has 1 amide bonds. The van der Waals surface area contributed by atoms with Gasteiger partial charge in [-0.1, -0.05) is 0 Å². The number of carbonyl (C=O) groups is 2. The Bertz CT molecular complexity index is 338. The molecule has 0 atom stereocenters. The van der Waals surface area contributed by atoms with Gasteiger partial charge >= 0.3 is 12.1 Å². The molecule has 16 heavy (non-hydrogen) atoms. The van der Waals surface area contributed by atoms with Gasteiger partial charge in [-0.15, -0.1) is 0 Å². The lowest BCUT2D eigenvalue weighted by Crippen LogP contribution is -2.32. The van der Waals surface area contributed by atoms with Crippen molar-refractivity contribution in [2.24, 2.45) is 0 Å². The molecule has 0 saturated heterocycles. The Labute approximate surface area is 94.5 Å². The van der Waals surface area contributed by atoms with Crippen LogP contribution in [0.5, 0.6) is 0 Å². The van der Waals surface area contributed by atoms with Crippen LogP contribution < -0.4 is 5.32 Å². The molecule has 5 heteroatoms. The predicted octanol–water partition coefficient (Wildman–Crippen LogP) is 2.03. The maximum absolute atomic E-state index is 11.4. The molecule has 0 bridgehead atoms. The topological polar surface area (TPSA) is 75.6 Å². The van der Waals surface area contributed by atoms with E-state index in [1.807, 2.05) is 0 Å². The highest BCUT2D eigenvalue weighted by atomic mass is 16.6. The number of amides is 1. The first-order chi connectivity index (χ1) is 7.29. The Balaban J connectivity index is 2.63. The molecule has 0 aromatic rings. The summed E-state index contributed by atoms with van der Waals surface area (Å²) in [5.41, 5.74) is 0.180. The van der Waals surface area contributed by atoms with Crippen LogP contribution in [-0.2, 0) is 9.53 Å². The molecular formula is C11H17NO4. The maximum Gasteiger partial charge on any atom is 0.411 e. The lowest BCUT2D eigenvalue weighted by atomic mass is 10.2. The van der Waals surface area contributed by atoms with Gasteiger partial charge in [0.05, 0.1) is 5.57 Å². The van der Waals surface area contributed by atoms with E-state index in [2.05, 4.69) is 5.32 Å². The fourth-order valence-corrected chi connectivity index (χ4v) is 1.54. The van der Waals surface area contributed by atoms with Crippen LogP contribution in [0.1, 0.15) is 40.0 Å². The highest BCUT2D eigenvalue weighted by molar-refractivity contribution is 5.89. The van der Waals surface area contributed by atoms with Gasteiger partial charge in [-0.3, -0.25) is 5.32 Å². The van der Waals surface area contributed by atoms with Crippen LogP contribution in [0.3, 0.4) is 0 Å². The maximum atomic E-state index is 11.4. The van der Waals surface area contributed by atoms with E-state index in [1.54, 1.807) is 20.8 Å². The van der Waals surface area contributed by atoms with Crippen LogP contribution in [0.25, 0.3) is 0 Å². The Hall–Kier alpha value is -1.52. The summed E-state index contributed by atoms with van der Waals surface area (Å²) < 4.78 is 5.05. The zero-order valence-electron chi connectivity index (χ0n) is 9.79. The SMILES string of the molecule is CC(C)(C)OC(=O)NC1=C(C(=O)O)CCC1. The largest absolute Gasteiger partial charge is 0.478 e. The fraction of sp³-hybridized carbons (Fsp3) is 0.636. The van der Waals surface area contributed by atoms with E-state index in [0.29, 0.717) is 18.5 Å². The highest BCUT2D eigenvalue weighted by Gasteiger charge is 2.23. The summed E-state index contributed by atoms with van der Waals surface area (Å²) in [7, 11) is 0. The first kappa shape index (κ1) is 12.5. The summed E-state index contributed by atoms with van der Waals surface area (Å²) in [6.45, 7) is 5.27. The minimum atomic E-state index is -0.969. The number of carbonyl (C=O) groups excluding carboxylic acids is 1. The molecule has 1 rings (SSSR count). The van der Waals surface area contributed by atoms with Gasteiger partial charge in [-0.2, -0.15) is 0 Å². The Morgan fingerprint density at radius 1 is 1.31 bits per heavy atom. The molecule has 0 fully saturated rings. The monoisotopic (exact) mass is 227 g/mol. The van der Waals surface area contributed by atoms with Crippen molar-refractivity contribution in [3.63, 3.8) is 0 Å². The smallest absolute Gasteiger partial charge is 0.411 e. The highest BCUT2D eigenvalue weighted by Crippen LogP contribution is 2.24. The summed E-state index contributed by atoms with van der Waals surface area (Å²) in [6.07, 6.45) is 1.25. The number of carboxylic acids is 1. The van der Waals surface area contributed by atoms with Crippen molar-refractivity contribution >= 4 is 12.1 Å². The number of alkyl carbamates (subject to hydrolysis) is 1. The molecule has 90 valence electrons. The molecule has 5 nitrogen and oxygen atoms in total. The van der Waals surface area contributed by atoms with Crippen molar-refractivity contribution in [3.8, 4) is 0 Å². The Kier molecular flexibility index (Phi) is 3.57. The van der Waals surface area contributed by atoms with Gasteiger partial charge in [0.1, 0.15) is 5.60 Å². The first-order valence-corrected chi connectivity index (χ1v) is 5.25. The van der Waals surface area contributed by atoms with Crippen molar-refractivity contribution < 1.29 is 19.4 Å². The quantitative estimate of drug-likeness (QED) is 0.756. The van der Waals surface area contributed by atoms with Crippen molar-refractivity contribution in [1.82, 2.24) is 5.32 Å². The molecule has 0 unspecified atom stereocenters. The van der Waals surface area contributed by atoms with Crippen LogP contribution in [-0.4, -0.2) is 22.8 Å². The van der Waals surface area contributed by atoms with E-state index in [0.717, 1.165) is 6.42 Å². The molecule has 0 saturated carbocycles. The van der Waals surface area contributed by atoms with Crippen LogP contribution in [0.4, 0.5) is 4.79 Å². The Morgan fingerprint density at radius 3 is 2.44 bits per heavy atom. The van der Waals surface area contributed by atoms with Gasteiger partial charge in [-0.05, 0) is 40.0 Å². The number of nitrogens with one attached hydrogen (secondary N) is 1. The molecule has 0 aromatic carbocycles. The number of rotatable bonds is 2. The van der Waals surface area contributed by atoms with Crippen LogP contribution in [0, 0.1) is 0 Å². The van der Waals surface area contributed by atoms with E-state index in [4.69, 9.17) is 9.84 Å². The molecule has 1 aliphatic rings. The third kappa shape index (κ3) is 3.56. The van der Waals surface area contributed by atoms with Crippen molar-refractivity contribution in [2.75, 3.05) is 0 Å². The summed E-state index contributed by atoms with van der Waals surface area (Å²) in [5.74, 6) is -0.969. The van der Waals surface area contributed by atoms with E-state index < -0.39 is 17.7 Å². The first-order valence-electron chi connectivity index (χ1n) is 5.25. The number of ether oxygens (including phenoxy) is 1. The van der Waals surface area contributed by atoms with E-state index in [1.165, 1.54) is 0 Å². The summed E-state index contributed by atoms with van der Waals surface area (Å²) in [5, 5.41) is 11.4. The number of aliphatic carboxylic acids is 1. The number of allylic oxidation sites excluding steroid dienone is 1. The molecule has 1 aliphatic carbocycles. The van der Waals surface area contributed by atoms with E-state index in [-0.39, 0.29) is 5.57 Å².